The average molecular weight is 290 g/mol. The minimum absolute atomic E-state index is 0.0445. The number of carbonyl (C=O) groups is 1. The van der Waals surface area contributed by atoms with Crippen molar-refractivity contribution in [2.75, 3.05) is 18.8 Å². The summed E-state index contributed by atoms with van der Waals surface area (Å²) in [5.74, 6) is 1.69. The van der Waals surface area contributed by atoms with Crippen molar-refractivity contribution in [2.24, 2.45) is 11.7 Å². The van der Waals surface area contributed by atoms with Gasteiger partial charge in [0.25, 0.3) is 0 Å². The van der Waals surface area contributed by atoms with E-state index in [0.29, 0.717) is 11.8 Å². The first-order valence-corrected chi connectivity index (χ1v) is 8.41. The standard InChI is InChI=1S/C16H22N2OS/c1-11(17)12-5-4-8-18(9-12)16(19)14-10-20-15-7-3-2-6-13(14)15/h2-3,6-7,11-12,14H,4-5,8-10,17H2,1H3/t11-,12+,14+/m0/s1. The van der Waals surface area contributed by atoms with Gasteiger partial charge in [0, 0.05) is 29.8 Å². The van der Waals surface area contributed by atoms with Gasteiger partial charge in [-0.05, 0) is 37.3 Å². The molecule has 0 aromatic heterocycles. The molecule has 2 N–H and O–H groups in total. The number of nitrogens with two attached hydrogens (primary N) is 1. The molecule has 1 fully saturated rings. The maximum atomic E-state index is 12.8. The highest BCUT2D eigenvalue weighted by molar-refractivity contribution is 7.99. The number of piperidine rings is 1. The number of amides is 1. The number of rotatable bonds is 2. The topological polar surface area (TPSA) is 46.3 Å². The first-order chi connectivity index (χ1) is 9.66. The number of hydrogen-bond donors (Lipinski definition) is 1. The van der Waals surface area contributed by atoms with Crippen LogP contribution in [-0.2, 0) is 4.79 Å². The Labute approximate surface area is 124 Å². The second-order valence-corrected chi connectivity index (χ2v) is 7.01. The number of fused-ring (bicyclic) bond motifs is 1. The smallest absolute Gasteiger partial charge is 0.231 e. The van der Waals surface area contributed by atoms with Gasteiger partial charge >= 0.3 is 0 Å². The van der Waals surface area contributed by atoms with Crippen LogP contribution in [0.3, 0.4) is 0 Å². The van der Waals surface area contributed by atoms with Crippen molar-refractivity contribution in [3.8, 4) is 0 Å². The van der Waals surface area contributed by atoms with Crippen molar-refractivity contribution >= 4 is 17.7 Å². The molecule has 1 aromatic rings. The quantitative estimate of drug-likeness (QED) is 0.910. The fraction of sp³-hybridized carbons (Fsp3) is 0.562. The van der Waals surface area contributed by atoms with E-state index in [4.69, 9.17) is 5.73 Å². The summed E-state index contributed by atoms with van der Waals surface area (Å²) in [5.41, 5.74) is 7.23. The Kier molecular flexibility index (Phi) is 4.03. The zero-order valence-corrected chi connectivity index (χ0v) is 12.7. The number of benzene rings is 1. The minimum atomic E-state index is 0.0445. The van der Waals surface area contributed by atoms with E-state index in [1.165, 1.54) is 10.5 Å². The third-order valence-electron chi connectivity index (χ3n) is 4.51. The van der Waals surface area contributed by atoms with Gasteiger partial charge in [-0.15, -0.1) is 11.8 Å². The van der Waals surface area contributed by atoms with Crippen molar-refractivity contribution < 1.29 is 4.79 Å². The van der Waals surface area contributed by atoms with Crippen LogP contribution in [0.1, 0.15) is 31.2 Å². The van der Waals surface area contributed by atoms with Gasteiger partial charge in [0.15, 0.2) is 0 Å². The van der Waals surface area contributed by atoms with Crippen LogP contribution in [0.4, 0.5) is 0 Å². The third-order valence-corrected chi connectivity index (χ3v) is 5.69. The molecule has 2 aliphatic heterocycles. The predicted octanol–water partition coefficient (Wildman–Crippen LogP) is 2.46. The van der Waals surface area contributed by atoms with Gasteiger partial charge in [0.05, 0.1) is 5.92 Å². The number of thioether (sulfide) groups is 1. The van der Waals surface area contributed by atoms with Gasteiger partial charge in [-0.2, -0.15) is 0 Å². The summed E-state index contributed by atoms with van der Waals surface area (Å²) in [6.07, 6.45) is 2.23. The molecule has 0 unspecified atom stereocenters. The Morgan fingerprint density at radius 3 is 3.05 bits per heavy atom. The molecule has 2 heterocycles. The van der Waals surface area contributed by atoms with Crippen LogP contribution in [0.15, 0.2) is 29.2 Å². The number of hydrogen-bond acceptors (Lipinski definition) is 3. The largest absolute Gasteiger partial charge is 0.342 e. The first-order valence-electron chi connectivity index (χ1n) is 7.43. The molecule has 3 atom stereocenters. The third kappa shape index (κ3) is 2.59. The van der Waals surface area contributed by atoms with Crippen LogP contribution in [0, 0.1) is 5.92 Å². The Morgan fingerprint density at radius 1 is 1.45 bits per heavy atom. The minimum Gasteiger partial charge on any atom is -0.342 e. The van der Waals surface area contributed by atoms with Gasteiger partial charge in [-0.25, -0.2) is 0 Å². The van der Waals surface area contributed by atoms with Crippen LogP contribution < -0.4 is 5.73 Å². The molecule has 108 valence electrons. The van der Waals surface area contributed by atoms with Crippen molar-refractivity contribution in [3.05, 3.63) is 29.8 Å². The molecular weight excluding hydrogens is 268 g/mol. The molecule has 0 radical (unpaired) electrons. The summed E-state index contributed by atoms with van der Waals surface area (Å²) in [4.78, 5) is 16.1. The second-order valence-electron chi connectivity index (χ2n) is 5.95. The molecule has 0 bridgehead atoms. The molecule has 1 saturated heterocycles. The monoisotopic (exact) mass is 290 g/mol. The van der Waals surface area contributed by atoms with E-state index in [0.717, 1.165) is 31.7 Å². The van der Waals surface area contributed by atoms with Crippen molar-refractivity contribution in [1.29, 1.82) is 0 Å². The van der Waals surface area contributed by atoms with E-state index in [2.05, 4.69) is 19.1 Å². The average Bonchev–Trinajstić information content (AvgIpc) is 2.90. The predicted molar refractivity (Wildman–Crippen MR) is 82.9 cm³/mol. The maximum Gasteiger partial charge on any atom is 0.231 e. The van der Waals surface area contributed by atoms with E-state index < -0.39 is 0 Å². The summed E-state index contributed by atoms with van der Waals surface area (Å²) < 4.78 is 0. The lowest BCUT2D eigenvalue weighted by Gasteiger charge is -2.36. The summed E-state index contributed by atoms with van der Waals surface area (Å²) in [6, 6.07) is 8.48. The molecule has 0 saturated carbocycles. The molecule has 20 heavy (non-hydrogen) atoms. The first kappa shape index (κ1) is 14.0. The van der Waals surface area contributed by atoms with Gasteiger partial charge in [-0.3, -0.25) is 4.79 Å². The van der Waals surface area contributed by atoms with Crippen molar-refractivity contribution in [3.63, 3.8) is 0 Å². The van der Waals surface area contributed by atoms with E-state index in [1.807, 2.05) is 17.0 Å². The molecule has 3 nitrogen and oxygen atoms in total. The highest BCUT2D eigenvalue weighted by atomic mass is 32.2. The molecule has 0 aliphatic carbocycles. The summed E-state index contributed by atoms with van der Waals surface area (Å²) in [5, 5.41) is 0. The number of carbonyl (C=O) groups excluding carboxylic acids is 1. The normalized spacial score (nSPS) is 27.2. The van der Waals surface area contributed by atoms with E-state index in [1.54, 1.807) is 11.8 Å². The summed E-state index contributed by atoms with van der Waals surface area (Å²) in [7, 11) is 0. The maximum absolute atomic E-state index is 12.8. The lowest BCUT2D eigenvalue weighted by Crippen LogP contribution is -2.46. The number of likely N-dealkylation sites (tertiary alicyclic amines) is 1. The molecular formula is C16H22N2OS. The van der Waals surface area contributed by atoms with Gasteiger partial charge in [0.1, 0.15) is 0 Å². The SMILES string of the molecule is C[C@H](N)[C@@H]1CCCN(C(=O)[C@@H]2CSc3ccccc32)C1. The highest BCUT2D eigenvalue weighted by Crippen LogP contribution is 2.40. The van der Waals surface area contributed by atoms with Gasteiger partial charge in [-0.1, -0.05) is 18.2 Å². The van der Waals surface area contributed by atoms with Crippen LogP contribution in [0.2, 0.25) is 0 Å². The van der Waals surface area contributed by atoms with Crippen LogP contribution in [0.25, 0.3) is 0 Å². The van der Waals surface area contributed by atoms with Crippen LogP contribution in [-0.4, -0.2) is 35.7 Å². The summed E-state index contributed by atoms with van der Waals surface area (Å²) in [6.45, 7) is 3.78. The molecule has 2 aliphatic rings. The zero-order chi connectivity index (χ0) is 14.1. The van der Waals surface area contributed by atoms with E-state index in [9.17, 15) is 4.79 Å². The highest BCUT2D eigenvalue weighted by Gasteiger charge is 2.34. The number of nitrogens with zero attached hydrogens (tertiary/aromatic N) is 1. The second kappa shape index (κ2) is 5.78. The zero-order valence-electron chi connectivity index (χ0n) is 11.9. The Morgan fingerprint density at radius 2 is 2.25 bits per heavy atom. The molecule has 1 aromatic carbocycles. The Balaban J connectivity index is 1.74. The lowest BCUT2D eigenvalue weighted by atomic mass is 9.90. The van der Waals surface area contributed by atoms with Crippen LogP contribution >= 0.6 is 11.8 Å². The fourth-order valence-corrected chi connectivity index (χ4v) is 4.45. The molecule has 3 rings (SSSR count). The Bertz CT molecular complexity index is 503. The molecule has 4 heteroatoms. The van der Waals surface area contributed by atoms with Crippen LogP contribution in [0.5, 0.6) is 0 Å². The Hall–Kier alpha value is -1.00. The molecule has 0 spiro atoms. The van der Waals surface area contributed by atoms with Gasteiger partial charge in [0.2, 0.25) is 5.91 Å². The lowest BCUT2D eigenvalue weighted by molar-refractivity contribution is -0.134. The van der Waals surface area contributed by atoms with Crippen molar-refractivity contribution in [2.45, 2.75) is 36.6 Å². The molecule has 1 amide bonds. The van der Waals surface area contributed by atoms with E-state index in [-0.39, 0.29) is 12.0 Å². The summed E-state index contributed by atoms with van der Waals surface area (Å²) >= 11 is 1.80. The van der Waals surface area contributed by atoms with Crippen molar-refractivity contribution in [1.82, 2.24) is 4.90 Å². The van der Waals surface area contributed by atoms with E-state index >= 15 is 0 Å². The van der Waals surface area contributed by atoms with Gasteiger partial charge < -0.3 is 10.6 Å². The fourth-order valence-electron chi connectivity index (χ4n) is 3.23.